The summed E-state index contributed by atoms with van der Waals surface area (Å²) in [4.78, 5) is 5.51. The summed E-state index contributed by atoms with van der Waals surface area (Å²) in [6.07, 6.45) is 3.11. The van der Waals surface area contributed by atoms with Gasteiger partial charge in [0.2, 0.25) is 0 Å². The van der Waals surface area contributed by atoms with Gasteiger partial charge < -0.3 is 5.32 Å². The number of hydrogen-bond acceptors (Lipinski definition) is 3. The largest absolute Gasteiger partial charge is 0.319 e. The lowest BCUT2D eigenvalue weighted by atomic mass is 9.76. The van der Waals surface area contributed by atoms with Gasteiger partial charge in [-0.2, -0.15) is 0 Å². The molecule has 0 bridgehead atoms. The van der Waals surface area contributed by atoms with E-state index < -0.39 is 0 Å². The summed E-state index contributed by atoms with van der Waals surface area (Å²) in [5, 5.41) is 3.29. The van der Waals surface area contributed by atoms with E-state index in [4.69, 9.17) is 0 Å². The van der Waals surface area contributed by atoms with Crippen LogP contribution in [0.5, 0.6) is 0 Å². The highest BCUT2D eigenvalue weighted by Gasteiger charge is 2.28. The standard InChI is InChI=1S/C11H20N2S/c1-9(2)11(3,7-12-4)5-10-6-13-8-14-10/h6,8-9,12H,5,7H2,1-4H3. The second kappa shape index (κ2) is 4.89. The highest BCUT2D eigenvalue weighted by atomic mass is 32.1. The van der Waals surface area contributed by atoms with Crippen molar-refractivity contribution < 1.29 is 0 Å². The van der Waals surface area contributed by atoms with Crippen molar-refractivity contribution in [3.63, 3.8) is 0 Å². The normalized spacial score (nSPS) is 15.8. The van der Waals surface area contributed by atoms with Crippen LogP contribution >= 0.6 is 11.3 Å². The van der Waals surface area contributed by atoms with Gasteiger partial charge in [-0.15, -0.1) is 11.3 Å². The Kier molecular flexibility index (Phi) is 4.08. The molecule has 1 rings (SSSR count). The zero-order valence-corrected chi connectivity index (χ0v) is 10.3. The molecule has 0 saturated heterocycles. The van der Waals surface area contributed by atoms with Gasteiger partial charge in [0.1, 0.15) is 0 Å². The summed E-state index contributed by atoms with van der Waals surface area (Å²) in [6, 6.07) is 0. The van der Waals surface area contributed by atoms with Crippen molar-refractivity contribution in [2.75, 3.05) is 13.6 Å². The Bertz CT molecular complexity index is 256. The molecule has 1 unspecified atom stereocenters. The van der Waals surface area contributed by atoms with E-state index in [1.54, 1.807) is 11.3 Å². The Morgan fingerprint density at radius 2 is 2.29 bits per heavy atom. The van der Waals surface area contributed by atoms with Crippen LogP contribution in [-0.2, 0) is 6.42 Å². The molecule has 0 aliphatic heterocycles. The monoisotopic (exact) mass is 212 g/mol. The van der Waals surface area contributed by atoms with Gasteiger partial charge in [0.25, 0.3) is 0 Å². The molecule has 2 nitrogen and oxygen atoms in total. The molecule has 1 aromatic rings. The van der Waals surface area contributed by atoms with Crippen LogP contribution in [0.4, 0.5) is 0 Å². The van der Waals surface area contributed by atoms with E-state index in [0.29, 0.717) is 11.3 Å². The fourth-order valence-electron chi connectivity index (χ4n) is 1.60. The number of aromatic nitrogens is 1. The maximum atomic E-state index is 4.12. The average molecular weight is 212 g/mol. The van der Waals surface area contributed by atoms with Crippen LogP contribution in [0.25, 0.3) is 0 Å². The molecule has 0 aliphatic carbocycles. The third-order valence-electron chi connectivity index (χ3n) is 3.04. The molecule has 1 atom stereocenters. The summed E-state index contributed by atoms with van der Waals surface area (Å²) in [5.41, 5.74) is 2.25. The second-order valence-electron chi connectivity index (χ2n) is 4.48. The Balaban J connectivity index is 2.69. The van der Waals surface area contributed by atoms with Gasteiger partial charge >= 0.3 is 0 Å². The Hall–Kier alpha value is -0.410. The van der Waals surface area contributed by atoms with Gasteiger partial charge in [-0.1, -0.05) is 20.8 Å². The average Bonchev–Trinajstić information content (AvgIpc) is 2.56. The molecule has 80 valence electrons. The van der Waals surface area contributed by atoms with Gasteiger partial charge in [0.15, 0.2) is 0 Å². The zero-order valence-electron chi connectivity index (χ0n) is 9.50. The molecule has 3 heteroatoms. The molecule has 0 spiro atoms. The third kappa shape index (κ3) is 2.79. The van der Waals surface area contributed by atoms with Crippen LogP contribution in [0.15, 0.2) is 11.7 Å². The maximum Gasteiger partial charge on any atom is 0.0794 e. The summed E-state index contributed by atoms with van der Waals surface area (Å²) in [5.74, 6) is 0.678. The molecule has 0 amide bonds. The molecule has 0 aromatic carbocycles. The van der Waals surface area contributed by atoms with Gasteiger partial charge in [-0.25, -0.2) is 0 Å². The lowest BCUT2D eigenvalue weighted by molar-refractivity contribution is 0.214. The fraction of sp³-hybridized carbons (Fsp3) is 0.727. The predicted molar refractivity (Wildman–Crippen MR) is 62.7 cm³/mol. The van der Waals surface area contributed by atoms with Gasteiger partial charge in [-0.3, -0.25) is 4.98 Å². The van der Waals surface area contributed by atoms with Crippen LogP contribution in [0.2, 0.25) is 0 Å². The first-order valence-corrected chi connectivity index (χ1v) is 5.98. The van der Waals surface area contributed by atoms with E-state index in [2.05, 4.69) is 31.1 Å². The third-order valence-corrected chi connectivity index (χ3v) is 3.82. The molecule has 0 radical (unpaired) electrons. The quantitative estimate of drug-likeness (QED) is 0.811. The lowest BCUT2D eigenvalue weighted by Gasteiger charge is -2.33. The van der Waals surface area contributed by atoms with E-state index >= 15 is 0 Å². The number of rotatable bonds is 5. The molecular weight excluding hydrogens is 192 g/mol. The van der Waals surface area contributed by atoms with Crippen LogP contribution < -0.4 is 5.32 Å². The van der Waals surface area contributed by atoms with E-state index in [1.807, 2.05) is 18.8 Å². The molecule has 0 aliphatic rings. The van der Waals surface area contributed by atoms with Gasteiger partial charge in [0.05, 0.1) is 5.51 Å². The predicted octanol–water partition coefficient (Wildman–Crippen LogP) is 2.57. The van der Waals surface area contributed by atoms with Crippen molar-refractivity contribution in [2.24, 2.45) is 11.3 Å². The number of hydrogen-bond donors (Lipinski definition) is 1. The minimum Gasteiger partial charge on any atom is -0.319 e. The zero-order chi connectivity index (χ0) is 10.6. The smallest absolute Gasteiger partial charge is 0.0794 e. The van der Waals surface area contributed by atoms with E-state index in [9.17, 15) is 0 Å². The number of nitrogens with one attached hydrogen (secondary N) is 1. The van der Waals surface area contributed by atoms with Crippen LogP contribution in [0, 0.1) is 11.3 Å². The number of nitrogens with zero attached hydrogens (tertiary/aromatic N) is 1. The van der Waals surface area contributed by atoms with Gasteiger partial charge in [0, 0.05) is 17.6 Å². The molecular formula is C11H20N2S. The Morgan fingerprint density at radius 3 is 2.71 bits per heavy atom. The van der Waals surface area contributed by atoms with Gasteiger partial charge in [-0.05, 0) is 24.8 Å². The summed E-state index contributed by atoms with van der Waals surface area (Å²) in [6.45, 7) is 7.98. The van der Waals surface area contributed by atoms with Crippen molar-refractivity contribution in [3.8, 4) is 0 Å². The highest BCUT2D eigenvalue weighted by Crippen LogP contribution is 2.31. The van der Waals surface area contributed by atoms with Crippen molar-refractivity contribution in [1.82, 2.24) is 10.3 Å². The van der Waals surface area contributed by atoms with Crippen molar-refractivity contribution in [2.45, 2.75) is 27.2 Å². The molecule has 1 aromatic heterocycles. The SMILES string of the molecule is CNCC(C)(Cc1cncs1)C(C)C. The topological polar surface area (TPSA) is 24.9 Å². The van der Waals surface area contributed by atoms with Crippen LogP contribution in [-0.4, -0.2) is 18.6 Å². The minimum absolute atomic E-state index is 0.335. The maximum absolute atomic E-state index is 4.12. The molecule has 0 fully saturated rings. The number of thiazole rings is 1. The molecule has 0 saturated carbocycles. The van der Waals surface area contributed by atoms with Crippen molar-refractivity contribution >= 4 is 11.3 Å². The molecule has 1 heterocycles. The van der Waals surface area contributed by atoms with Crippen molar-refractivity contribution in [3.05, 3.63) is 16.6 Å². The summed E-state index contributed by atoms with van der Waals surface area (Å²) >= 11 is 1.75. The van der Waals surface area contributed by atoms with E-state index in [0.717, 1.165) is 13.0 Å². The second-order valence-corrected chi connectivity index (χ2v) is 5.45. The van der Waals surface area contributed by atoms with Crippen molar-refractivity contribution in [1.29, 1.82) is 0 Å². The fourth-order valence-corrected chi connectivity index (χ4v) is 2.39. The van der Waals surface area contributed by atoms with Crippen LogP contribution in [0.3, 0.4) is 0 Å². The first-order chi connectivity index (χ1) is 6.58. The first kappa shape index (κ1) is 11.7. The summed E-state index contributed by atoms with van der Waals surface area (Å²) < 4.78 is 0. The van der Waals surface area contributed by atoms with Crippen LogP contribution in [0.1, 0.15) is 25.6 Å². The summed E-state index contributed by atoms with van der Waals surface area (Å²) in [7, 11) is 2.02. The minimum atomic E-state index is 0.335. The lowest BCUT2D eigenvalue weighted by Crippen LogP contribution is -2.36. The Labute approximate surface area is 90.8 Å². The van der Waals surface area contributed by atoms with E-state index in [-0.39, 0.29) is 0 Å². The van der Waals surface area contributed by atoms with E-state index in [1.165, 1.54) is 4.88 Å². The highest BCUT2D eigenvalue weighted by molar-refractivity contribution is 7.09. The first-order valence-electron chi connectivity index (χ1n) is 5.10. The molecule has 14 heavy (non-hydrogen) atoms. The Morgan fingerprint density at radius 1 is 1.57 bits per heavy atom. The molecule has 1 N–H and O–H groups in total.